The summed E-state index contributed by atoms with van der Waals surface area (Å²) >= 11 is 0. The lowest BCUT2D eigenvalue weighted by Gasteiger charge is -2.35. The molecule has 2 N–H and O–H groups in total. The molecule has 7 nitrogen and oxygen atoms in total. The van der Waals surface area contributed by atoms with Gasteiger partial charge in [0.05, 0.1) is 6.54 Å². The number of halogens is 2. The molecule has 0 aliphatic carbocycles. The van der Waals surface area contributed by atoms with E-state index < -0.39 is 6.61 Å². The van der Waals surface area contributed by atoms with Gasteiger partial charge in [-0.2, -0.15) is 8.78 Å². The summed E-state index contributed by atoms with van der Waals surface area (Å²) in [7, 11) is 0. The maximum atomic E-state index is 12.3. The molecule has 0 radical (unpaired) electrons. The van der Waals surface area contributed by atoms with E-state index >= 15 is 0 Å². The third-order valence-electron chi connectivity index (χ3n) is 4.42. The van der Waals surface area contributed by atoms with Crippen LogP contribution in [0.3, 0.4) is 0 Å². The molecule has 2 aromatic rings. The van der Waals surface area contributed by atoms with Gasteiger partial charge in [0.1, 0.15) is 17.7 Å². The summed E-state index contributed by atoms with van der Waals surface area (Å²) in [6, 6.07) is 8.77. The van der Waals surface area contributed by atoms with E-state index in [1.807, 2.05) is 19.1 Å². The predicted octanol–water partition coefficient (Wildman–Crippen LogP) is 3.00. The fourth-order valence-corrected chi connectivity index (χ4v) is 3.16. The highest BCUT2D eigenvalue weighted by Gasteiger charge is 2.21. The monoisotopic (exact) mass is 393 g/mol. The second-order valence-electron chi connectivity index (χ2n) is 6.49. The van der Waals surface area contributed by atoms with E-state index in [2.05, 4.69) is 30.4 Å². The molecule has 3 rings (SSSR count). The van der Waals surface area contributed by atoms with Crippen LogP contribution in [0.5, 0.6) is 5.75 Å². The standard InChI is InChI=1S/C19H25F2N5O2/c1-2-22-19(23-12-14-9-11-27-25-14)24-15-4-3-10-26(13-15)16-5-7-17(8-6-16)28-18(20)21/h5-9,11,15,18H,2-4,10,12-13H2,1H3,(H2,22,23,24). The molecule has 1 aliphatic rings. The zero-order chi connectivity index (χ0) is 19.8. The van der Waals surface area contributed by atoms with Gasteiger partial charge >= 0.3 is 6.61 Å². The lowest BCUT2D eigenvalue weighted by molar-refractivity contribution is -0.0498. The molecule has 152 valence electrons. The number of ether oxygens (including phenoxy) is 1. The van der Waals surface area contributed by atoms with E-state index in [0.29, 0.717) is 6.54 Å². The highest BCUT2D eigenvalue weighted by atomic mass is 19.3. The van der Waals surface area contributed by atoms with Crippen LogP contribution in [-0.4, -0.2) is 43.4 Å². The van der Waals surface area contributed by atoms with Crippen LogP contribution < -0.4 is 20.3 Å². The molecule has 1 fully saturated rings. The Kier molecular flexibility index (Phi) is 7.05. The Balaban J connectivity index is 1.59. The number of anilines is 1. The number of hydrogen-bond acceptors (Lipinski definition) is 5. The second-order valence-corrected chi connectivity index (χ2v) is 6.49. The van der Waals surface area contributed by atoms with Gasteiger partial charge in [-0.3, -0.25) is 0 Å². The first kappa shape index (κ1) is 19.9. The fourth-order valence-electron chi connectivity index (χ4n) is 3.16. The Morgan fingerprint density at radius 1 is 1.36 bits per heavy atom. The minimum atomic E-state index is -2.81. The van der Waals surface area contributed by atoms with Crippen LogP contribution in [-0.2, 0) is 6.54 Å². The van der Waals surface area contributed by atoms with Gasteiger partial charge in [-0.05, 0) is 44.0 Å². The van der Waals surface area contributed by atoms with Crippen LogP contribution in [0.1, 0.15) is 25.5 Å². The molecule has 9 heteroatoms. The summed E-state index contributed by atoms with van der Waals surface area (Å²) < 4.78 is 33.8. The Morgan fingerprint density at radius 3 is 2.86 bits per heavy atom. The smallest absolute Gasteiger partial charge is 0.387 e. The lowest BCUT2D eigenvalue weighted by atomic mass is 10.0. The predicted molar refractivity (Wildman–Crippen MR) is 103 cm³/mol. The Hall–Kier alpha value is -2.84. The van der Waals surface area contributed by atoms with Gasteiger partial charge in [0.15, 0.2) is 5.96 Å². The Labute approximate surface area is 162 Å². The summed E-state index contributed by atoms with van der Waals surface area (Å²) in [6.07, 6.45) is 3.58. The van der Waals surface area contributed by atoms with Crippen molar-refractivity contribution in [3.8, 4) is 5.75 Å². The molecule has 1 aliphatic heterocycles. The SMILES string of the molecule is CCNC(=NCc1ccon1)NC1CCCN(c2ccc(OC(F)F)cc2)C1. The van der Waals surface area contributed by atoms with Crippen LogP contribution in [0.2, 0.25) is 0 Å². The fraction of sp³-hybridized carbons (Fsp3) is 0.474. The first-order valence-corrected chi connectivity index (χ1v) is 9.38. The number of nitrogens with zero attached hydrogens (tertiary/aromatic N) is 3. The zero-order valence-electron chi connectivity index (χ0n) is 15.8. The zero-order valence-corrected chi connectivity index (χ0v) is 15.8. The number of benzene rings is 1. The van der Waals surface area contributed by atoms with Gasteiger partial charge in [0.25, 0.3) is 0 Å². The van der Waals surface area contributed by atoms with Gasteiger partial charge in [0, 0.05) is 37.4 Å². The minimum Gasteiger partial charge on any atom is -0.435 e. The van der Waals surface area contributed by atoms with Crippen molar-refractivity contribution in [3.05, 3.63) is 42.3 Å². The van der Waals surface area contributed by atoms with Gasteiger partial charge < -0.3 is 24.8 Å². The molecular formula is C19H25F2N5O2. The number of aliphatic imine (C=N–C) groups is 1. The normalized spacial score (nSPS) is 17.6. The largest absolute Gasteiger partial charge is 0.435 e. The molecule has 1 unspecified atom stereocenters. The molecule has 2 heterocycles. The Bertz CT molecular complexity index is 737. The number of piperidine rings is 1. The number of guanidine groups is 1. The van der Waals surface area contributed by atoms with Crippen LogP contribution in [0.25, 0.3) is 0 Å². The molecule has 28 heavy (non-hydrogen) atoms. The minimum absolute atomic E-state index is 0.167. The summed E-state index contributed by atoms with van der Waals surface area (Å²) in [4.78, 5) is 6.78. The van der Waals surface area contributed by atoms with Crippen LogP contribution >= 0.6 is 0 Å². The number of alkyl halides is 2. The second kappa shape index (κ2) is 9.91. The summed E-state index contributed by atoms with van der Waals surface area (Å²) in [5.74, 6) is 0.901. The molecule has 1 atom stereocenters. The summed E-state index contributed by atoms with van der Waals surface area (Å²) in [5, 5.41) is 10.6. The summed E-state index contributed by atoms with van der Waals surface area (Å²) in [6.45, 7) is 2.11. The highest BCUT2D eigenvalue weighted by Crippen LogP contribution is 2.23. The number of hydrogen-bond donors (Lipinski definition) is 2. The molecular weight excluding hydrogens is 368 g/mol. The number of aromatic nitrogens is 1. The van der Waals surface area contributed by atoms with E-state index in [0.717, 1.165) is 49.8 Å². The molecule has 1 aromatic carbocycles. The average Bonchev–Trinajstić information content (AvgIpc) is 3.20. The van der Waals surface area contributed by atoms with Gasteiger partial charge in [-0.1, -0.05) is 5.16 Å². The third kappa shape index (κ3) is 5.83. The molecule has 0 saturated carbocycles. The maximum Gasteiger partial charge on any atom is 0.387 e. The van der Waals surface area contributed by atoms with Crippen molar-refractivity contribution in [2.45, 2.75) is 39.0 Å². The quantitative estimate of drug-likeness (QED) is 0.556. The van der Waals surface area contributed by atoms with Crippen molar-refractivity contribution < 1.29 is 18.0 Å². The first-order chi connectivity index (χ1) is 13.6. The first-order valence-electron chi connectivity index (χ1n) is 9.38. The van der Waals surface area contributed by atoms with Crippen LogP contribution in [0.15, 0.2) is 46.1 Å². The molecule has 1 saturated heterocycles. The maximum absolute atomic E-state index is 12.3. The topological polar surface area (TPSA) is 74.9 Å². The third-order valence-corrected chi connectivity index (χ3v) is 4.42. The van der Waals surface area contributed by atoms with E-state index in [1.165, 1.54) is 6.26 Å². The van der Waals surface area contributed by atoms with E-state index in [9.17, 15) is 8.78 Å². The van der Waals surface area contributed by atoms with Crippen molar-refractivity contribution in [1.29, 1.82) is 0 Å². The summed E-state index contributed by atoms with van der Waals surface area (Å²) in [5.41, 5.74) is 1.76. The number of rotatable bonds is 7. The lowest BCUT2D eigenvalue weighted by Crippen LogP contribution is -2.51. The van der Waals surface area contributed by atoms with Crippen molar-refractivity contribution >= 4 is 11.6 Å². The van der Waals surface area contributed by atoms with Crippen molar-refractivity contribution in [3.63, 3.8) is 0 Å². The molecule has 1 aromatic heterocycles. The van der Waals surface area contributed by atoms with Gasteiger partial charge in [-0.25, -0.2) is 4.99 Å². The van der Waals surface area contributed by atoms with Gasteiger partial charge in [-0.15, -0.1) is 0 Å². The van der Waals surface area contributed by atoms with Crippen molar-refractivity contribution in [2.75, 3.05) is 24.5 Å². The van der Waals surface area contributed by atoms with Crippen molar-refractivity contribution in [1.82, 2.24) is 15.8 Å². The van der Waals surface area contributed by atoms with E-state index in [4.69, 9.17) is 4.52 Å². The van der Waals surface area contributed by atoms with E-state index in [1.54, 1.807) is 18.2 Å². The van der Waals surface area contributed by atoms with Gasteiger partial charge in [0.2, 0.25) is 0 Å². The Morgan fingerprint density at radius 2 is 2.18 bits per heavy atom. The van der Waals surface area contributed by atoms with Crippen LogP contribution in [0, 0.1) is 0 Å². The number of nitrogens with one attached hydrogen (secondary N) is 2. The highest BCUT2D eigenvalue weighted by molar-refractivity contribution is 5.80. The molecule has 0 bridgehead atoms. The molecule has 0 spiro atoms. The van der Waals surface area contributed by atoms with Crippen LogP contribution in [0.4, 0.5) is 14.5 Å². The van der Waals surface area contributed by atoms with Crippen molar-refractivity contribution in [2.24, 2.45) is 4.99 Å². The molecule has 0 amide bonds. The average molecular weight is 393 g/mol. The van der Waals surface area contributed by atoms with E-state index in [-0.39, 0.29) is 11.8 Å².